The van der Waals surface area contributed by atoms with Crippen LogP contribution < -0.4 is 22.1 Å². The molecule has 4 aliphatic rings. The number of aromatic amines is 1. The van der Waals surface area contributed by atoms with Crippen LogP contribution >= 0.6 is 0 Å². The van der Waals surface area contributed by atoms with E-state index in [1.54, 1.807) is 24.3 Å². The fraction of sp³-hybridized carbons (Fsp3) is 0.565. The van der Waals surface area contributed by atoms with E-state index in [0.29, 0.717) is 17.3 Å². The Morgan fingerprint density at radius 3 is 2.26 bits per heavy atom. The van der Waals surface area contributed by atoms with E-state index in [2.05, 4.69) is 15.8 Å². The third-order valence-corrected chi connectivity index (χ3v) is 7.51. The van der Waals surface area contributed by atoms with Gasteiger partial charge < -0.3 is 0 Å². The van der Waals surface area contributed by atoms with Crippen molar-refractivity contribution in [2.75, 3.05) is 0 Å². The van der Waals surface area contributed by atoms with Crippen molar-refractivity contribution in [1.29, 1.82) is 0 Å². The lowest BCUT2D eigenvalue weighted by atomic mass is 9.49. The number of hydrazine groups is 1. The molecular weight excluding hydrogens is 396 g/mol. The predicted molar refractivity (Wildman–Crippen MR) is 115 cm³/mol. The van der Waals surface area contributed by atoms with E-state index in [-0.39, 0.29) is 30.2 Å². The Labute approximate surface area is 179 Å². The van der Waals surface area contributed by atoms with Gasteiger partial charge in [0.25, 0.3) is 5.56 Å². The van der Waals surface area contributed by atoms with Gasteiger partial charge in [-0.05, 0) is 73.8 Å². The number of H-pyrrole nitrogens is 1. The van der Waals surface area contributed by atoms with Gasteiger partial charge in [-0.25, -0.2) is 4.79 Å². The summed E-state index contributed by atoms with van der Waals surface area (Å²) in [5, 5.41) is 0.395. The van der Waals surface area contributed by atoms with Gasteiger partial charge in [0, 0.05) is 19.4 Å². The minimum Gasteiger partial charge on any atom is -0.293 e. The molecule has 6 rings (SSSR count). The number of para-hydroxylation sites is 1. The van der Waals surface area contributed by atoms with Gasteiger partial charge >= 0.3 is 5.69 Å². The molecule has 164 valence electrons. The number of hydrogen-bond donors (Lipinski definition) is 3. The summed E-state index contributed by atoms with van der Waals surface area (Å²) in [5.41, 5.74) is 4.66. The number of fused-ring (bicyclic) bond motifs is 1. The van der Waals surface area contributed by atoms with Crippen molar-refractivity contribution < 1.29 is 9.59 Å². The molecule has 0 saturated heterocycles. The lowest BCUT2D eigenvalue weighted by Crippen LogP contribution is -2.50. The number of aryl methyl sites for hydroxylation is 1. The zero-order valence-corrected chi connectivity index (χ0v) is 17.5. The van der Waals surface area contributed by atoms with E-state index < -0.39 is 11.2 Å². The molecule has 1 aromatic carbocycles. The van der Waals surface area contributed by atoms with Gasteiger partial charge in [0.1, 0.15) is 0 Å². The summed E-state index contributed by atoms with van der Waals surface area (Å²) in [7, 11) is 0. The third kappa shape index (κ3) is 3.91. The minimum atomic E-state index is -0.553. The Balaban J connectivity index is 1.16. The summed E-state index contributed by atoms with van der Waals surface area (Å²) in [6.07, 6.45) is 7.89. The summed E-state index contributed by atoms with van der Waals surface area (Å²) < 4.78 is 1.37. The molecule has 4 aliphatic carbocycles. The van der Waals surface area contributed by atoms with Gasteiger partial charge in [-0.1, -0.05) is 12.1 Å². The number of amides is 2. The highest BCUT2D eigenvalue weighted by Crippen LogP contribution is 2.61. The number of rotatable bonds is 5. The topological polar surface area (TPSA) is 113 Å². The second-order valence-corrected chi connectivity index (χ2v) is 9.87. The molecule has 8 heteroatoms. The average molecular weight is 425 g/mol. The first-order valence-electron chi connectivity index (χ1n) is 11.2. The Morgan fingerprint density at radius 2 is 1.58 bits per heavy atom. The molecule has 2 amide bonds. The second-order valence-electron chi connectivity index (χ2n) is 9.87. The number of hydrogen-bond acceptors (Lipinski definition) is 4. The highest BCUT2D eigenvalue weighted by atomic mass is 16.2. The molecule has 0 radical (unpaired) electrons. The summed E-state index contributed by atoms with van der Waals surface area (Å²) in [5.74, 6) is 1.82. The zero-order valence-electron chi connectivity index (χ0n) is 17.5. The first kappa shape index (κ1) is 20.0. The molecule has 4 bridgehead atoms. The van der Waals surface area contributed by atoms with Crippen LogP contribution in [0.2, 0.25) is 0 Å². The molecule has 3 N–H and O–H groups in total. The molecule has 8 nitrogen and oxygen atoms in total. The molecule has 0 aliphatic heterocycles. The number of carbonyl (C=O) groups is 2. The molecule has 4 fully saturated rings. The minimum absolute atomic E-state index is 0.00753. The van der Waals surface area contributed by atoms with Crippen molar-refractivity contribution in [2.45, 2.75) is 57.9 Å². The van der Waals surface area contributed by atoms with Crippen molar-refractivity contribution in [3.63, 3.8) is 0 Å². The Bertz CT molecular complexity index is 1110. The van der Waals surface area contributed by atoms with Crippen LogP contribution in [0.25, 0.3) is 10.9 Å². The number of aromatic nitrogens is 2. The third-order valence-electron chi connectivity index (χ3n) is 7.51. The zero-order chi connectivity index (χ0) is 21.6. The highest BCUT2D eigenvalue weighted by Gasteiger charge is 2.51. The van der Waals surface area contributed by atoms with E-state index >= 15 is 0 Å². The van der Waals surface area contributed by atoms with E-state index in [1.165, 1.54) is 23.8 Å². The van der Waals surface area contributed by atoms with Gasteiger partial charge in [0.2, 0.25) is 11.8 Å². The van der Waals surface area contributed by atoms with Gasteiger partial charge in [-0.15, -0.1) is 0 Å². The summed E-state index contributed by atoms with van der Waals surface area (Å²) >= 11 is 0. The largest absolute Gasteiger partial charge is 0.328 e. The van der Waals surface area contributed by atoms with E-state index in [1.807, 2.05) is 0 Å². The molecule has 2 aromatic rings. The average Bonchev–Trinajstić information content (AvgIpc) is 2.71. The molecule has 0 atom stereocenters. The van der Waals surface area contributed by atoms with Crippen molar-refractivity contribution in [3.8, 4) is 0 Å². The molecule has 4 saturated carbocycles. The molecule has 1 heterocycles. The monoisotopic (exact) mass is 424 g/mol. The maximum atomic E-state index is 12.6. The lowest BCUT2D eigenvalue weighted by molar-refractivity contribution is -0.134. The van der Waals surface area contributed by atoms with Gasteiger partial charge in [-0.3, -0.25) is 34.8 Å². The second kappa shape index (κ2) is 7.66. The predicted octanol–water partition coefficient (Wildman–Crippen LogP) is 1.83. The number of nitrogens with zero attached hydrogens (tertiary/aromatic N) is 1. The molecule has 31 heavy (non-hydrogen) atoms. The van der Waals surface area contributed by atoms with Crippen molar-refractivity contribution >= 4 is 22.7 Å². The smallest absolute Gasteiger partial charge is 0.293 e. The van der Waals surface area contributed by atoms with Crippen molar-refractivity contribution in [1.82, 2.24) is 20.4 Å². The first-order valence-corrected chi connectivity index (χ1v) is 11.2. The fourth-order valence-corrected chi connectivity index (χ4v) is 6.77. The van der Waals surface area contributed by atoms with Crippen LogP contribution in [0.4, 0.5) is 0 Å². The fourth-order valence-electron chi connectivity index (χ4n) is 6.77. The Kier molecular flexibility index (Phi) is 4.95. The summed E-state index contributed by atoms with van der Waals surface area (Å²) in [6.45, 7) is 0.104. The SMILES string of the molecule is O=C(CCn1c(=O)[nH]c(=O)c2ccccc21)NNC(=O)CC12CC3CC(CC(C3)C1)C2. The Hall–Kier alpha value is -2.90. The standard InChI is InChI=1S/C23H28N4O4/c28-19(5-6-27-18-4-2-1-3-17(18)21(30)24-22(27)31)25-26-20(29)13-23-10-14-7-15(11-23)9-16(8-14)12-23/h1-4,14-16H,5-13H2,(H,25,28)(H,26,29)(H,24,30,31). The van der Waals surface area contributed by atoms with Crippen molar-refractivity contribution in [3.05, 3.63) is 45.1 Å². The van der Waals surface area contributed by atoms with Crippen LogP contribution in [0.3, 0.4) is 0 Å². The number of carbonyl (C=O) groups excluding carboxylic acids is 2. The van der Waals surface area contributed by atoms with E-state index in [9.17, 15) is 19.2 Å². The van der Waals surface area contributed by atoms with Crippen LogP contribution in [0.5, 0.6) is 0 Å². The molecule has 0 unspecified atom stereocenters. The lowest BCUT2D eigenvalue weighted by Gasteiger charge is -2.56. The van der Waals surface area contributed by atoms with Crippen LogP contribution in [-0.4, -0.2) is 21.4 Å². The number of nitrogens with one attached hydrogen (secondary N) is 3. The molecule has 1 aromatic heterocycles. The maximum Gasteiger partial charge on any atom is 0.328 e. The normalized spacial score (nSPS) is 28.6. The van der Waals surface area contributed by atoms with Gasteiger partial charge in [0.05, 0.1) is 10.9 Å². The molecular formula is C23H28N4O4. The Morgan fingerprint density at radius 1 is 0.968 bits per heavy atom. The van der Waals surface area contributed by atoms with Crippen LogP contribution in [0.15, 0.2) is 33.9 Å². The maximum absolute atomic E-state index is 12.6. The van der Waals surface area contributed by atoms with Crippen molar-refractivity contribution in [2.24, 2.45) is 23.2 Å². The molecule has 0 spiro atoms. The van der Waals surface area contributed by atoms with E-state index in [4.69, 9.17) is 0 Å². The number of benzene rings is 1. The van der Waals surface area contributed by atoms with E-state index in [0.717, 1.165) is 37.0 Å². The first-order chi connectivity index (χ1) is 14.9. The van der Waals surface area contributed by atoms with Crippen LogP contribution in [-0.2, 0) is 16.1 Å². The van der Waals surface area contributed by atoms with Crippen LogP contribution in [0.1, 0.15) is 51.4 Å². The van der Waals surface area contributed by atoms with Gasteiger partial charge in [0.15, 0.2) is 0 Å². The van der Waals surface area contributed by atoms with Gasteiger partial charge in [-0.2, -0.15) is 0 Å². The highest BCUT2D eigenvalue weighted by molar-refractivity contribution is 5.82. The van der Waals surface area contributed by atoms with Crippen LogP contribution in [0, 0.1) is 23.2 Å². The quantitative estimate of drug-likeness (QED) is 0.636. The summed E-state index contributed by atoms with van der Waals surface area (Å²) in [4.78, 5) is 51.2. The summed E-state index contributed by atoms with van der Waals surface area (Å²) in [6, 6.07) is 6.77.